The number of guanidine groups is 1. The summed E-state index contributed by atoms with van der Waals surface area (Å²) in [4.78, 5) is 7.37. The second kappa shape index (κ2) is 12.0. The number of rotatable bonds is 9. The van der Waals surface area contributed by atoms with Crippen LogP contribution in [0.25, 0.3) is 0 Å². The Labute approximate surface area is 188 Å². The van der Waals surface area contributed by atoms with Gasteiger partial charge in [-0.2, -0.15) is 0 Å². The highest BCUT2D eigenvalue weighted by Gasteiger charge is 2.22. The van der Waals surface area contributed by atoms with E-state index < -0.39 is 0 Å². The molecule has 1 aromatic rings. The van der Waals surface area contributed by atoms with Crippen LogP contribution in [0.15, 0.2) is 35.3 Å². The third-order valence-electron chi connectivity index (χ3n) is 6.04. The molecule has 2 aliphatic rings. The fourth-order valence-corrected chi connectivity index (χ4v) is 4.45. The monoisotopic (exact) mass is 428 g/mol. The molecule has 0 aromatic heterocycles. The normalized spacial score (nSPS) is 18.7. The number of hydrogen-bond donors (Lipinski definition) is 2. The zero-order valence-electron chi connectivity index (χ0n) is 19.6. The van der Waals surface area contributed by atoms with E-state index in [1.165, 1.54) is 18.4 Å². The smallest absolute Gasteiger partial charge is 0.191 e. The van der Waals surface area contributed by atoms with Crippen LogP contribution in [0.1, 0.15) is 57.9 Å². The van der Waals surface area contributed by atoms with Crippen LogP contribution in [0.5, 0.6) is 11.5 Å². The number of likely N-dealkylation sites (tertiary alicyclic amines) is 1. The number of nitrogens with one attached hydrogen (secondary N) is 2. The third kappa shape index (κ3) is 7.17. The van der Waals surface area contributed by atoms with Crippen molar-refractivity contribution in [2.45, 2.75) is 71.1 Å². The lowest BCUT2D eigenvalue weighted by Crippen LogP contribution is -2.48. The molecule has 0 amide bonds. The van der Waals surface area contributed by atoms with Crippen molar-refractivity contribution in [3.63, 3.8) is 0 Å². The summed E-state index contributed by atoms with van der Waals surface area (Å²) in [6, 6.07) is 6.53. The molecule has 2 fully saturated rings. The van der Waals surface area contributed by atoms with E-state index >= 15 is 0 Å². The molecule has 6 heteroatoms. The molecule has 31 heavy (non-hydrogen) atoms. The van der Waals surface area contributed by atoms with Crippen LogP contribution in [0, 0.1) is 0 Å². The lowest BCUT2D eigenvalue weighted by atomic mass is 10.0. The number of ether oxygens (including phenoxy) is 2. The van der Waals surface area contributed by atoms with Crippen molar-refractivity contribution in [3.05, 3.63) is 35.9 Å². The Hall–Kier alpha value is -2.21. The Balaban J connectivity index is 1.64. The SMILES string of the molecule is C=C(C)CN1CCC(NC(=NCc2cccc(OC)c2OC2CCCC2)NCC)CC1. The third-order valence-corrected chi connectivity index (χ3v) is 6.04. The minimum absolute atomic E-state index is 0.287. The van der Waals surface area contributed by atoms with Gasteiger partial charge in [-0.05, 0) is 58.4 Å². The number of piperidine rings is 1. The Kier molecular flexibility index (Phi) is 9.07. The fourth-order valence-electron chi connectivity index (χ4n) is 4.45. The summed E-state index contributed by atoms with van der Waals surface area (Å²) >= 11 is 0. The maximum atomic E-state index is 6.37. The Bertz CT molecular complexity index is 735. The van der Waals surface area contributed by atoms with Gasteiger partial charge >= 0.3 is 0 Å². The Morgan fingerprint density at radius 3 is 2.58 bits per heavy atom. The molecule has 0 unspecified atom stereocenters. The molecule has 1 aliphatic heterocycles. The van der Waals surface area contributed by atoms with E-state index in [9.17, 15) is 0 Å². The number of nitrogens with zero attached hydrogens (tertiary/aromatic N) is 2. The highest BCUT2D eigenvalue weighted by atomic mass is 16.5. The number of benzene rings is 1. The van der Waals surface area contributed by atoms with Gasteiger partial charge in [0.05, 0.1) is 19.8 Å². The van der Waals surface area contributed by atoms with Gasteiger partial charge in [0, 0.05) is 37.8 Å². The molecule has 1 heterocycles. The molecule has 1 saturated heterocycles. The van der Waals surface area contributed by atoms with Gasteiger partial charge in [-0.15, -0.1) is 0 Å². The molecule has 0 radical (unpaired) electrons. The molecule has 2 N–H and O–H groups in total. The molecule has 3 rings (SSSR count). The van der Waals surface area contributed by atoms with Crippen molar-refractivity contribution < 1.29 is 9.47 Å². The zero-order chi connectivity index (χ0) is 22.1. The van der Waals surface area contributed by atoms with Crippen molar-refractivity contribution in [1.29, 1.82) is 0 Å². The molecule has 0 spiro atoms. The highest BCUT2D eigenvalue weighted by Crippen LogP contribution is 2.35. The summed E-state index contributed by atoms with van der Waals surface area (Å²) in [5, 5.41) is 7.04. The first-order valence-electron chi connectivity index (χ1n) is 11.8. The minimum Gasteiger partial charge on any atom is -0.493 e. The number of aliphatic imine (C=N–C) groups is 1. The average Bonchev–Trinajstić information content (AvgIpc) is 3.27. The van der Waals surface area contributed by atoms with Gasteiger partial charge in [0.25, 0.3) is 0 Å². The van der Waals surface area contributed by atoms with E-state index in [0.29, 0.717) is 12.6 Å². The predicted octanol–water partition coefficient (Wildman–Crippen LogP) is 4.11. The standard InChI is InChI=1S/C25H40N4O2/c1-5-26-25(28-21-13-15-29(16-14-21)18-19(2)3)27-17-20-9-8-12-23(30-4)24(20)31-22-10-6-7-11-22/h8-9,12,21-22H,2,5-7,10-11,13-18H2,1,3-4H3,(H2,26,27,28). The zero-order valence-corrected chi connectivity index (χ0v) is 19.6. The largest absolute Gasteiger partial charge is 0.493 e. The molecule has 6 nitrogen and oxygen atoms in total. The second-order valence-corrected chi connectivity index (χ2v) is 8.82. The van der Waals surface area contributed by atoms with E-state index in [1.54, 1.807) is 7.11 Å². The summed E-state index contributed by atoms with van der Waals surface area (Å²) < 4.78 is 12.0. The van der Waals surface area contributed by atoms with Gasteiger partial charge in [-0.1, -0.05) is 24.3 Å². The number of methoxy groups -OCH3 is 1. The van der Waals surface area contributed by atoms with Crippen LogP contribution in [0.3, 0.4) is 0 Å². The van der Waals surface area contributed by atoms with Crippen LogP contribution in [0.2, 0.25) is 0 Å². The predicted molar refractivity (Wildman–Crippen MR) is 128 cm³/mol. The molecular weight excluding hydrogens is 388 g/mol. The van der Waals surface area contributed by atoms with E-state index in [-0.39, 0.29) is 6.10 Å². The molecular formula is C25H40N4O2. The van der Waals surface area contributed by atoms with Crippen LogP contribution in [-0.4, -0.2) is 56.3 Å². The van der Waals surface area contributed by atoms with E-state index in [2.05, 4.69) is 42.0 Å². The summed E-state index contributed by atoms with van der Waals surface area (Å²) in [7, 11) is 1.70. The first kappa shape index (κ1) is 23.5. The average molecular weight is 429 g/mol. The van der Waals surface area contributed by atoms with Crippen LogP contribution in [-0.2, 0) is 6.54 Å². The maximum Gasteiger partial charge on any atom is 0.191 e. The molecule has 1 aliphatic carbocycles. The summed E-state index contributed by atoms with van der Waals surface area (Å²) in [5.74, 6) is 2.52. The van der Waals surface area contributed by atoms with Crippen molar-refractivity contribution in [3.8, 4) is 11.5 Å². The molecule has 1 saturated carbocycles. The van der Waals surface area contributed by atoms with Crippen molar-refractivity contribution >= 4 is 5.96 Å². The topological polar surface area (TPSA) is 58.1 Å². The van der Waals surface area contributed by atoms with Crippen LogP contribution >= 0.6 is 0 Å². The number of para-hydroxylation sites is 1. The summed E-state index contributed by atoms with van der Waals surface area (Å²) in [6.07, 6.45) is 7.25. The first-order chi connectivity index (χ1) is 15.1. The molecule has 0 bridgehead atoms. The van der Waals surface area contributed by atoms with Crippen LogP contribution < -0.4 is 20.1 Å². The summed E-state index contributed by atoms with van der Waals surface area (Å²) in [5.41, 5.74) is 2.30. The quantitative estimate of drug-likeness (QED) is 0.352. The second-order valence-electron chi connectivity index (χ2n) is 8.82. The lowest BCUT2D eigenvalue weighted by molar-refractivity contribution is 0.198. The Morgan fingerprint density at radius 2 is 1.94 bits per heavy atom. The molecule has 172 valence electrons. The fraction of sp³-hybridized carbons (Fsp3) is 0.640. The summed E-state index contributed by atoms with van der Waals surface area (Å²) in [6.45, 7) is 12.8. The van der Waals surface area contributed by atoms with Crippen molar-refractivity contribution in [2.75, 3.05) is 33.3 Å². The van der Waals surface area contributed by atoms with Crippen LogP contribution in [0.4, 0.5) is 0 Å². The highest BCUT2D eigenvalue weighted by molar-refractivity contribution is 5.80. The van der Waals surface area contributed by atoms with E-state index in [4.69, 9.17) is 14.5 Å². The van der Waals surface area contributed by atoms with Gasteiger partial charge < -0.3 is 20.1 Å². The molecule has 1 aromatic carbocycles. The minimum atomic E-state index is 0.287. The van der Waals surface area contributed by atoms with Gasteiger partial charge in [-0.25, -0.2) is 4.99 Å². The Morgan fingerprint density at radius 1 is 1.19 bits per heavy atom. The van der Waals surface area contributed by atoms with Gasteiger partial charge in [0.15, 0.2) is 17.5 Å². The van der Waals surface area contributed by atoms with E-state index in [0.717, 1.165) is 74.9 Å². The van der Waals surface area contributed by atoms with Gasteiger partial charge in [-0.3, -0.25) is 4.90 Å². The molecule has 0 atom stereocenters. The van der Waals surface area contributed by atoms with Gasteiger partial charge in [0.2, 0.25) is 0 Å². The van der Waals surface area contributed by atoms with Crippen molar-refractivity contribution in [1.82, 2.24) is 15.5 Å². The van der Waals surface area contributed by atoms with Gasteiger partial charge in [0.1, 0.15) is 0 Å². The first-order valence-corrected chi connectivity index (χ1v) is 11.8. The lowest BCUT2D eigenvalue weighted by Gasteiger charge is -2.33. The maximum absolute atomic E-state index is 6.37. The number of hydrogen-bond acceptors (Lipinski definition) is 4. The van der Waals surface area contributed by atoms with E-state index in [1.807, 2.05) is 12.1 Å². The van der Waals surface area contributed by atoms with Crippen molar-refractivity contribution in [2.24, 2.45) is 4.99 Å².